The molecule has 0 saturated carbocycles. The normalized spacial score (nSPS) is 22.7. The van der Waals surface area contributed by atoms with Gasteiger partial charge in [0, 0.05) is 42.2 Å². The van der Waals surface area contributed by atoms with Gasteiger partial charge in [0.05, 0.1) is 23.0 Å². The van der Waals surface area contributed by atoms with Crippen molar-refractivity contribution in [2.75, 3.05) is 12.4 Å². The summed E-state index contributed by atoms with van der Waals surface area (Å²) in [6, 6.07) is 17.6. The number of phenols is 3. The summed E-state index contributed by atoms with van der Waals surface area (Å²) >= 11 is 0. The van der Waals surface area contributed by atoms with E-state index in [2.05, 4.69) is 24.3 Å². The highest BCUT2D eigenvalue weighted by atomic mass is 33.1. The number of benzene rings is 5. The van der Waals surface area contributed by atoms with Crippen LogP contribution >= 0.6 is 21.6 Å². The number of ether oxygens (including phenoxy) is 1. The largest absolute Gasteiger partial charge is 0.508 e. The summed E-state index contributed by atoms with van der Waals surface area (Å²) in [4.78, 5) is 14.9. The number of aliphatic hydroxyl groups excluding tert-OH is 3. The topological polar surface area (TPSA) is 181 Å². The summed E-state index contributed by atoms with van der Waals surface area (Å²) in [5.41, 5.74) is 5.79. The molecule has 0 radical (unpaired) electrons. The van der Waals surface area contributed by atoms with Gasteiger partial charge >= 0.3 is 0 Å². The van der Waals surface area contributed by atoms with Gasteiger partial charge in [0.2, 0.25) is 11.2 Å². The molecule has 320 valence electrons. The van der Waals surface area contributed by atoms with Gasteiger partial charge in [-0.15, -0.1) is 0 Å². The molecule has 6 atom stereocenters. The molecule has 1 fully saturated rings. The standard InChI is InChI=1S/C50H48O10S2/c1-23(2)15-27-18-29(19-28(44(27)55)16-24-5-3-6-30(52)17-24)48-47(58)46(57)43-38(60-48)22-36(54)41-33-20-32-25(12-13-51)8-9-26-10-11-31-42(39(26)32)40(33)34-21-37(59-49(41)43)35(53)7-4-14-61-62-50(31)45(34)56/h3,5-6,8-11,17-20,22-23,25,34-35,37,45,50-56,58H,4,7,12-16,21H2,1-2H3/t25-,34+,35-,37-,45-,50+/m1/s1. The zero-order valence-electron chi connectivity index (χ0n) is 34.3. The first-order valence-corrected chi connectivity index (χ1v) is 23.7. The smallest absolute Gasteiger partial charge is 0.238 e. The first kappa shape index (κ1) is 40.9. The average molecular weight is 873 g/mol. The molecule has 10 rings (SSSR count). The highest BCUT2D eigenvalue weighted by Crippen LogP contribution is 2.60. The quantitative estimate of drug-likeness (QED) is 0.0757. The van der Waals surface area contributed by atoms with E-state index in [9.17, 15) is 40.5 Å². The van der Waals surface area contributed by atoms with Gasteiger partial charge < -0.3 is 44.9 Å². The van der Waals surface area contributed by atoms with Gasteiger partial charge in [0.1, 0.15) is 40.1 Å². The summed E-state index contributed by atoms with van der Waals surface area (Å²) < 4.78 is 13.3. The molecule has 62 heavy (non-hydrogen) atoms. The number of hydrogen-bond acceptors (Lipinski definition) is 12. The molecule has 4 aliphatic rings. The Hall–Kier alpha value is -5.11. The van der Waals surface area contributed by atoms with Gasteiger partial charge in [0.25, 0.3) is 0 Å². The van der Waals surface area contributed by atoms with Gasteiger partial charge in [-0.25, -0.2) is 0 Å². The van der Waals surface area contributed by atoms with Crippen molar-refractivity contribution in [3.63, 3.8) is 0 Å². The highest BCUT2D eigenvalue weighted by Gasteiger charge is 2.45. The molecule has 1 aromatic heterocycles. The first-order valence-electron chi connectivity index (χ1n) is 21.3. The zero-order valence-corrected chi connectivity index (χ0v) is 35.9. The van der Waals surface area contributed by atoms with Crippen LogP contribution in [0.25, 0.3) is 50.3 Å². The van der Waals surface area contributed by atoms with Crippen LogP contribution in [0.1, 0.15) is 95.6 Å². The van der Waals surface area contributed by atoms with Gasteiger partial charge in [0.15, 0.2) is 5.76 Å². The summed E-state index contributed by atoms with van der Waals surface area (Å²) in [5, 5.41) is 82.0. The van der Waals surface area contributed by atoms with Crippen LogP contribution in [0.5, 0.6) is 28.7 Å². The molecule has 2 aliphatic carbocycles. The van der Waals surface area contributed by atoms with Crippen molar-refractivity contribution in [1.82, 2.24) is 0 Å². The molecule has 5 aromatic carbocycles. The summed E-state index contributed by atoms with van der Waals surface area (Å²) in [6.45, 7) is 3.99. The molecule has 0 unspecified atom stereocenters. The molecule has 1 saturated heterocycles. The van der Waals surface area contributed by atoms with Crippen LogP contribution in [-0.2, 0) is 12.8 Å². The minimum atomic E-state index is -0.990. The van der Waals surface area contributed by atoms with Crippen molar-refractivity contribution in [1.29, 1.82) is 0 Å². The molecule has 7 N–H and O–H groups in total. The van der Waals surface area contributed by atoms with Gasteiger partial charge in [-0.1, -0.05) is 71.9 Å². The van der Waals surface area contributed by atoms with E-state index in [1.165, 1.54) is 6.07 Å². The molecular weight excluding hydrogens is 825 g/mol. The van der Waals surface area contributed by atoms with E-state index < -0.39 is 35.4 Å². The number of fused-ring (bicyclic) bond motifs is 7. The molecule has 0 amide bonds. The van der Waals surface area contributed by atoms with Crippen molar-refractivity contribution >= 4 is 49.4 Å². The lowest BCUT2D eigenvalue weighted by Gasteiger charge is -2.42. The van der Waals surface area contributed by atoms with Crippen LogP contribution in [0.3, 0.4) is 0 Å². The Morgan fingerprint density at radius 2 is 1.73 bits per heavy atom. The molecule has 10 nitrogen and oxygen atoms in total. The van der Waals surface area contributed by atoms with E-state index in [-0.39, 0.29) is 81.8 Å². The Balaban J connectivity index is 1.25. The number of aliphatic hydroxyl groups is 3. The average Bonchev–Trinajstić information content (AvgIpc) is 3.24. The second kappa shape index (κ2) is 15.9. The van der Waals surface area contributed by atoms with Crippen molar-refractivity contribution in [2.24, 2.45) is 5.92 Å². The number of aromatic hydroxyl groups is 4. The Labute approximate surface area is 365 Å². The predicted octanol–water partition coefficient (Wildman–Crippen LogP) is 9.57. The minimum Gasteiger partial charge on any atom is -0.508 e. The summed E-state index contributed by atoms with van der Waals surface area (Å²) in [7, 11) is 3.31. The minimum absolute atomic E-state index is 0.0327. The molecule has 0 spiro atoms. The van der Waals surface area contributed by atoms with Crippen molar-refractivity contribution in [3.05, 3.63) is 116 Å². The van der Waals surface area contributed by atoms with Crippen LogP contribution in [0.2, 0.25) is 0 Å². The van der Waals surface area contributed by atoms with Gasteiger partial charge in [-0.05, 0) is 124 Å². The summed E-state index contributed by atoms with van der Waals surface area (Å²) in [5.74, 6) is -0.784. The van der Waals surface area contributed by atoms with Crippen LogP contribution in [-0.4, -0.2) is 66.4 Å². The van der Waals surface area contributed by atoms with Gasteiger partial charge in [-0.3, -0.25) is 4.79 Å². The van der Waals surface area contributed by atoms with Crippen LogP contribution in [0.15, 0.2) is 76.0 Å². The van der Waals surface area contributed by atoms with Crippen molar-refractivity contribution < 1.29 is 44.9 Å². The number of hydrogen-bond donors (Lipinski definition) is 7. The predicted molar refractivity (Wildman–Crippen MR) is 245 cm³/mol. The van der Waals surface area contributed by atoms with E-state index in [1.54, 1.807) is 51.9 Å². The molecule has 6 aromatic rings. The monoisotopic (exact) mass is 872 g/mol. The van der Waals surface area contributed by atoms with Crippen LogP contribution < -0.4 is 10.2 Å². The lowest BCUT2D eigenvalue weighted by atomic mass is 9.69. The van der Waals surface area contributed by atoms with E-state index in [4.69, 9.17) is 9.15 Å². The number of phenolic OH excluding ortho intramolecular Hbond substituents is 3. The van der Waals surface area contributed by atoms with E-state index in [1.807, 2.05) is 26.0 Å². The molecule has 3 heterocycles. The maximum Gasteiger partial charge on any atom is 0.238 e. The molecule has 12 heteroatoms. The highest BCUT2D eigenvalue weighted by molar-refractivity contribution is 8.76. The fourth-order valence-electron chi connectivity index (χ4n) is 10.3. The van der Waals surface area contributed by atoms with Crippen molar-refractivity contribution in [3.8, 4) is 51.2 Å². The Morgan fingerprint density at radius 3 is 2.52 bits per heavy atom. The number of allylic oxidation sites excluding steroid dienone is 1. The van der Waals surface area contributed by atoms with Crippen LogP contribution in [0.4, 0.5) is 0 Å². The number of rotatable bonds is 7. The van der Waals surface area contributed by atoms with E-state index in [0.29, 0.717) is 47.9 Å². The SMILES string of the molecule is CC(C)Cc1cc(-c2oc3cc(O)c4c(c3c(=O)c2O)O[C@@H]2C[C@H]3c5c-4cc4c6c(ccc(c56)[C@H](SSCCC[C@H]2O)[C@@H]3O)C=C[C@@H]4CCO)cc(Cc2cccc(O)c2)c1O. The van der Waals surface area contributed by atoms with Crippen LogP contribution in [0, 0.1) is 5.92 Å². The Morgan fingerprint density at radius 1 is 0.903 bits per heavy atom. The maximum atomic E-state index is 14.9. The molecule has 3 bridgehead atoms. The fourth-order valence-corrected chi connectivity index (χ4v) is 13.2. The summed E-state index contributed by atoms with van der Waals surface area (Å²) in [6.07, 6.45) is 3.87. The van der Waals surface area contributed by atoms with E-state index >= 15 is 0 Å². The fraction of sp³-hybridized carbons (Fsp3) is 0.340. The lowest BCUT2D eigenvalue weighted by molar-refractivity contribution is 0.00975. The second-order valence-electron chi connectivity index (χ2n) is 17.6. The second-order valence-corrected chi connectivity index (χ2v) is 20.2. The van der Waals surface area contributed by atoms with Gasteiger partial charge in [-0.2, -0.15) is 0 Å². The first-order chi connectivity index (χ1) is 29.9. The van der Waals surface area contributed by atoms with E-state index in [0.717, 1.165) is 44.3 Å². The third-order valence-corrected chi connectivity index (χ3v) is 15.9. The van der Waals surface area contributed by atoms with Crippen molar-refractivity contribution in [2.45, 2.75) is 87.8 Å². The third-order valence-electron chi connectivity index (χ3n) is 13.1. The third kappa shape index (κ3) is 6.73. The Bertz CT molecular complexity index is 2880. The lowest BCUT2D eigenvalue weighted by Crippen LogP contribution is -2.39. The maximum absolute atomic E-state index is 14.9. The molecular formula is C50H48O10S2. The zero-order chi connectivity index (χ0) is 43.1. The Kier molecular flexibility index (Phi) is 10.5. The molecule has 2 aliphatic heterocycles.